The van der Waals surface area contributed by atoms with Crippen LogP contribution in [0, 0.1) is 0 Å². The van der Waals surface area contributed by atoms with Gasteiger partial charge in [-0.2, -0.15) is 0 Å². The van der Waals surface area contributed by atoms with Crippen LogP contribution in [0.25, 0.3) is 10.8 Å². The Kier molecular flexibility index (Phi) is 3.73. The van der Waals surface area contributed by atoms with Gasteiger partial charge >= 0.3 is 0 Å². The van der Waals surface area contributed by atoms with Crippen LogP contribution in [-0.4, -0.2) is 23.1 Å². The van der Waals surface area contributed by atoms with Gasteiger partial charge in [-0.15, -0.1) is 0 Å². The van der Waals surface area contributed by atoms with E-state index in [1.807, 2.05) is 0 Å². The highest BCUT2D eigenvalue weighted by Crippen LogP contribution is 2.18. The Morgan fingerprint density at radius 1 is 0.750 bits per heavy atom. The van der Waals surface area contributed by atoms with Crippen LogP contribution in [0.15, 0.2) is 60.9 Å². The van der Waals surface area contributed by atoms with Gasteiger partial charge in [0.2, 0.25) is 5.95 Å². The first kappa shape index (κ1) is 12.4. The number of nitrogens with one attached hydrogen (secondary N) is 2. The van der Waals surface area contributed by atoms with E-state index in [1.54, 1.807) is 18.5 Å². The Hall–Kier alpha value is -2.62. The molecule has 0 spiro atoms. The third-order valence-corrected chi connectivity index (χ3v) is 3.05. The molecule has 3 aromatic rings. The second-order valence-electron chi connectivity index (χ2n) is 4.49. The quantitative estimate of drug-likeness (QED) is 0.695. The molecule has 0 amide bonds. The molecule has 2 aromatic carbocycles. The van der Waals surface area contributed by atoms with Crippen LogP contribution in [0.1, 0.15) is 0 Å². The molecule has 1 aromatic heterocycles. The predicted molar refractivity (Wildman–Crippen MR) is 83.0 cm³/mol. The molecule has 0 atom stereocenters. The van der Waals surface area contributed by atoms with Gasteiger partial charge in [-0.1, -0.05) is 30.3 Å². The maximum Gasteiger partial charge on any atom is 0.222 e. The first-order valence-electron chi connectivity index (χ1n) is 6.65. The van der Waals surface area contributed by atoms with Crippen molar-refractivity contribution in [2.45, 2.75) is 0 Å². The number of anilines is 2. The monoisotopic (exact) mass is 264 g/mol. The van der Waals surface area contributed by atoms with Crippen molar-refractivity contribution in [3.8, 4) is 0 Å². The van der Waals surface area contributed by atoms with Crippen molar-refractivity contribution in [2.24, 2.45) is 0 Å². The van der Waals surface area contributed by atoms with Crippen LogP contribution in [0.5, 0.6) is 0 Å². The summed E-state index contributed by atoms with van der Waals surface area (Å²) in [4.78, 5) is 8.23. The van der Waals surface area contributed by atoms with Crippen molar-refractivity contribution in [3.63, 3.8) is 0 Å². The Balaban J connectivity index is 1.55. The van der Waals surface area contributed by atoms with E-state index in [4.69, 9.17) is 0 Å². The van der Waals surface area contributed by atoms with Crippen molar-refractivity contribution in [1.29, 1.82) is 0 Å². The van der Waals surface area contributed by atoms with Crippen LogP contribution < -0.4 is 10.6 Å². The lowest BCUT2D eigenvalue weighted by atomic mass is 10.1. The van der Waals surface area contributed by atoms with Gasteiger partial charge in [0.05, 0.1) is 0 Å². The summed E-state index contributed by atoms with van der Waals surface area (Å²) in [5, 5.41) is 9.06. The number of aromatic nitrogens is 2. The smallest absolute Gasteiger partial charge is 0.222 e. The minimum atomic E-state index is 0.660. The molecule has 0 aliphatic carbocycles. The van der Waals surface area contributed by atoms with Gasteiger partial charge in [0, 0.05) is 31.2 Å². The topological polar surface area (TPSA) is 49.8 Å². The van der Waals surface area contributed by atoms with Crippen molar-refractivity contribution < 1.29 is 0 Å². The maximum atomic E-state index is 4.11. The van der Waals surface area contributed by atoms with Gasteiger partial charge in [0.25, 0.3) is 0 Å². The fourth-order valence-electron chi connectivity index (χ4n) is 2.07. The zero-order valence-corrected chi connectivity index (χ0v) is 11.1. The van der Waals surface area contributed by atoms with E-state index in [9.17, 15) is 0 Å². The van der Waals surface area contributed by atoms with Gasteiger partial charge in [0.15, 0.2) is 0 Å². The Morgan fingerprint density at radius 3 is 2.35 bits per heavy atom. The van der Waals surface area contributed by atoms with E-state index in [0.717, 1.165) is 18.8 Å². The van der Waals surface area contributed by atoms with E-state index in [1.165, 1.54) is 10.8 Å². The average Bonchev–Trinajstić information content (AvgIpc) is 2.52. The van der Waals surface area contributed by atoms with E-state index in [-0.39, 0.29) is 0 Å². The molecule has 0 aliphatic rings. The lowest BCUT2D eigenvalue weighted by Crippen LogP contribution is -2.14. The second-order valence-corrected chi connectivity index (χ2v) is 4.49. The molecule has 2 N–H and O–H groups in total. The summed E-state index contributed by atoms with van der Waals surface area (Å²) >= 11 is 0. The molecule has 20 heavy (non-hydrogen) atoms. The normalized spacial score (nSPS) is 10.4. The summed E-state index contributed by atoms with van der Waals surface area (Å²) in [6.07, 6.45) is 3.46. The average molecular weight is 264 g/mol. The lowest BCUT2D eigenvalue weighted by molar-refractivity contribution is 1.03. The highest BCUT2D eigenvalue weighted by molar-refractivity contribution is 5.85. The zero-order valence-electron chi connectivity index (χ0n) is 11.1. The predicted octanol–water partition coefficient (Wildman–Crippen LogP) is 3.15. The van der Waals surface area contributed by atoms with Gasteiger partial charge in [-0.05, 0) is 29.0 Å². The van der Waals surface area contributed by atoms with Crippen molar-refractivity contribution in [2.75, 3.05) is 23.7 Å². The van der Waals surface area contributed by atoms with Crippen molar-refractivity contribution in [3.05, 3.63) is 60.9 Å². The molecule has 0 saturated carbocycles. The Bertz CT molecular complexity index is 682. The molecular formula is C16H16N4. The molecule has 0 fully saturated rings. The molecule has 100 valence electrons. The number of rotatable bonds is 5. The summed E-state index contributed by atoms with van der Waals surface area (Å²) < 4.78 is 0. The number of nitrogens with zero attached hydrogens (tertiary/aromatic N) is 2. The molecule has 0 unspecified atom stereocenters. The SMILES string of the molecule is c1cnc(NCCNc2ccc3ccccc3c2)nc1. The van der Waals surface area contributed by atoms with Gasteiger partial charge in [-0.3, -0.25) is 0 Å². The van der Waals surface area contributed by atoms with E-state index in [2.05, 4.69) is 63.1 Å². The molecule has 0 bridgehead atoms. The molecule has 0 saturated heterocycles. The number of benzene rings is 2. The molecule has 4 heteroatoms. The summed E-state index contributed by atoms with van der Waals surface area (Å²) in [5.41, 5.74) is 1.12. The number of hydrogen-bond donors (Lipinski definition) is 2. The van der Waals surface area contributed by atoms with E-state index < -0.39 is 0 Å². The van der Waals surface area contributed by atoms with Crippen molar-refractivity contribution in [1.82, 2.24) is 9.97 Å². The lowest BCUT2D eigenvalue weighted by Gasteiger charge is -2.08. The molecule has 0 radical (unpaired) electrons. The summed E-state index contributed by atoms with van der Waals surface area (Å²) in [6.45, 7) is 1.59. The molecule has 0 aliphatic heterocycles. The molecule has 4 nitrogen and oxygen atoms in total. The maximum absolute atomic E-state index is 4.11. The first-order chi connectivity index (χ1) is 9.92. The number of hydrogen-bond acceptors (Lipinski definition) is 4. The number of fused-ring (bicyclic) bond motifs is 1. The highest BCUT2D eigenvalue weighted by atomic mass is 15.1. The molecule has 1 heterocycles. The van der Waals surface area contributed by atoms with Crippen molar-refractivity contribution >= 4 is 22.4 Å². The summed E-state index contributed by atoms with van der Waals surface area (Å²) in [6, 6.07) is 16.5. The van der Waals surface area contributed by atoms with Gasteiger partial charge in [-0.25, -0.2) is 9.97 Å². The van der Waals surface area contributed by atoms with Gasteiger partial charge in [0.1, 0.15) is 0 Å². The minimum Gasteiger partial charge on any atom is -0.383 e. The summed E-state index contributed by atoms with van der Waals surface area (Å²) in [7, 11) is 0. The fraction of sp³-hybridized carbons (Fsp3) is 0.125. The Morgan fingerprint density at radius 2 is 1.50 bits per heavy atom. The molecular weight excluding hydrogens is 248 g/mol. The standard InChI is InChI=1S/C16H16N4/c1-2-5-14-12-15(7-6-13(14)4-1)17-10-11-20-16-18-8-3-9-19-16/h1-9,12,17H,10-11H2,(H,18,19,20). The van der Waals surface area contributed by atoms with Crippen LogP contribution in [0.3, 0.4) is 0 Å². The minimum absolute atomic E-state index is 0.660. The van der Waals surface area contributed by atoms with Gasteiger partial charge < -0.3 is 10.6 Å². The summed E-state index contributed by atoms with van der Waals surface area (Å²) in [5.74, 6) is 0.660. The van der Waals surface area contributed by atoms with E-state index in [0.29, 0.717) is 5.95 Å². The first-order valence-corrected chi connectivity index (χ1v) is 6.65. The third kappa shape index (κ3) is 3.03. The Labute approximate surface area is 117 Å². The second kappa shape index (κ2) is 6.02. The zero-order chi connectivity index (χ0) is 13.6. The van der Waals surface area contributed by atoms with Crippen LogP contribution in [0.4, 0.5) is 11.6 Å². The fourth-order valence-corrected chi connectivity index (χ4v) is 2.07. The third-order valence-electron chi connectivity index (χ3n) is 3.05. The van der Waals surface area contributed by atoms with Crippen LogP contribution >= 0.6 is 0 Å². The molecule has 3 rings (SSSR count). The largest absolute Gasteiger partial charge is 0.383 e. The van der Waals surface area contributed by atoms with Crippen LogP contribution in [-0.2, 0) is 0 Å². The van der Waals surface area contributed by atoms with E-state index >= 15 is 0 Å². The van der Waals surface area contributed by atoms with Crippen LogP contribution in [0.2, 0.25) is 0 Å². The highest BCUT2D eigenvalue weighted by Gasteiger charge is 1.96.